The first-order valence-corrected chi connectivity index (χ1v) is 10.8. The predicted octanol–water partition coefficient (Wildman–Crippen LogP) is 3.51. The van der Waals surface area contributed by atoms with Gasteiger partial charge in [0.2, 0.25) is 0 Å². The van der Waals surface area contributed by atoms with Gasteiger partial charge in [0.05, 0.1) is 17.7 Å². The molecule has 2 fully saturated rings. The minimum Gasteiger partial charge on any atom is -0.391 e. The molecular weight excluding hydrogens is 350 g/mol. The number of aryl methyl sites for hydroxylation is 1. The summed E-state index contributed by atoms with van der Waals surface area (Å²) < 4.78 is 5.81. The molecule has 0 saturated carbocycles. The fourth-order valence-electron chi connectivity index (χ4n) is 4.58. The third-order valence-corrected chi connectivity index (χ3v) is 6.05. The number of aliphatic hydroxyl groups is 1. The van der Waals surface area contributed by atoms with Crippen LogP contribution in [0.5, 0.6) is 0 Å². The summed E-state index contributed by atoms with van der Waals surface area (Å²) in [6.07, 6.45) is 4.28. The van der Waals surface area contributed by atoms with E-state index in [1.165, 1.54) is 16.5 Å². The average Bonchev–Trinajstić information content (AvgIpc) is 2.69. The zero-order valence-electron chi connectivity index (χ0n) is 17.2. The maximum atomic E-state index is 10.2. The molecule has 5 nitrogen and oxygen atoms in total. The van der Waals surface area contributed by atoms with Gasteiger partial charge in [0.1, 0.15) is 5.82 Å². The SMILES string of the molecule is CCOC1CCN(Cc2cc3cc(C)ccc3nc2N2CCC[C@@H](O)C2)CC1. The van der Waals surface area contributed by atoms with Gasteiger partial charge in [-0.1, -0.05) is 11.6 Å². The summed E-state index contributed by atoms with van der Waals surface area (Å²) in [5.41, 5.74) is 3.58. The highest BCUT2D eigenvalue weighted by Crippen LogP contribution is 2.29. The van der Waals surface area contributed by atoms with Crippen molar-refractivity contribution in [3.63, 3.8) is 0 Å². The molecule has 0 amide bonds. The van der Waals surface area contributed by atoms with E-state index in [0.29, 0.717) is 12.6 Å². The van der Waals surface area contributed by atoms with Gasteiger partial charge in [0.25, 0.3) is 0 Å². The number of benzene rings is 1. The fourth-order valence-corrected chi connectivity index (χ4v) is 4.58. The lowest BCUT2D eigenvalue weighted by molar-refractivity contribution is 0.0125. The Balaban J connectivity index is 1.60. The van der Waals surface area contributed by atoms with E-state index in [0.717, 1.165) is 69.8 Å². The molecule has 0 radical (unpaired) electrons. The van der Waals surface area contributed by atoms with Crippen molar-refractivity contribution >= 4 is 16.7 Å². The van der Waals surface area contributed by atoms with E-state index >= 15 is 0 Å². The van der Waals surface area contributed by atoms with E-state index in [2.05, 4.69) is 47.9 Å². The second kappa shape index (κ2) is 8.76. The van der Waals surface area contributed by atoms with Crippen LogP contribution < -0.4 is 4.90 Å². The number of fused-ring (bicyclic) bond motifs is 1. The Morgan fingerprint density at radius 3 is 2.71 bits per heavy atom. The highest BCUT2D eigenvalue weighted by atomic mass is 16.5. The Bertz CT molecular complexity index is 802. The number of piperidine rings is 2. The van der Waals surface area contributed by atoms with E-state index in [1.54, 1.807) is 0 Å². The molecule has 2 aliphatic heterocycles. The van der Waals surface area contributed by atoms with E-state index in [-0.39, 0.29) is 6.10 Å². The van der Waals surface area contributed by atoms with E-state index in [4.69, 9.17) is 9.72 Å². The Labute approximate surface area is 168 Å². The maximum Gasteiger partial charge on any atom is 0.133 e. The first-order valence-electron chi connectivity index (χ1n) is 10.8. The van der Waals surface area contributed by atoms with Crippen molar-refractivity contribution in [1.29, 1.82) is 0 Å². The summed E-state index contributed by atoms with van der Waals surface area (Å²) >= 11 is 0. The van der Waals surface area contributed by atoms with E-state index in [9.17, 15) is 5.11 Å². The van der Waals surface area contributed by atoms with Gasteiger partial charge in [-0.05, 0) is 57.7 Å². The van der Waals surface area contributed by atoms with Crippen molar-refractivity contribution in [2.45, 2.75) is 58.3 Å². The molecule has 2 saturated heterocycles. The largest absolute Gasteiger partial charge is 0.391 e. The fraction of sp³-hybridized carbons (Fsp3) is 0.609. The number of β-amino-alcohol motifs (C(OH)–C–C–N with tert-alkyl or cyclic N) is 1. The van der Waals surface area contributed by atoms with Crippen molar-refractivity contribution in [2.75, 3.05) is 37.7 Å². The number of ether oxygens (including phenoxy) is 1. The Morgan fingerprint density at radius 1 is 1.14 bits per heavy atom. The van der Waals surface area contributed by atoms with Crippen molar-refractivity contribution in [1.82, 2.24) is 9.88 Å². The van der Waals surface area contributed by atoms with Crippen LogP contribution in [0.4, 0.5) is 5.82 Å². The molecule has 3 heterocycles. The average molecular weight is 384 g/mol. The third-order valence-electron chi connectivity index (χ3n) is 6.05. The quantitative estimate of drug-likeness (QED) is 0.856. The molecule has 0 spiro atoms. The van der Waals surface area contributed by atoms with Crippen molar-refractivity contribution in [3.8, 4) is 0 Å². The number of aliphatic hydroxyl groups excluding tert-OH is 1. The molecule has 1 atom stereocenters. The van der Waals surface area contributed by atoms with E-state index in [1.807, 2.05) is 0 Å². The molecule has 1 aromatic heterocycles. The van der Waals surface area contributed by atoms with Crippen molar-refractivity contribution < 1.29 is 9.84 Å². The van der Waals surface area contributed by atoms with E-state index < -0.39 is 0 Å². The van der Waals surface area contributed by atoms with Gasteiger partial charge < -0.3 is 14.7 Å². The van der Waals surface area contributed by atoms with Crippen LogP contribution in [0, 0.1) is 6.92 Å². The monoisotopic (exact) mass is 383 g/mol. The molecule has 2 aromatic rings. The Kier molecular flexibility index (Phi) is 6.14. The summed E-state index contributed by atoms with van der Waals surface area (Å²) in [5, 5.41) is 11.4. The number of nitrogens with zero attached hydrogens (tertiary/aromatic N) is 3. The van der Waals surface area contributed by atoms with Crippen LogP contribution in [-0.2, 0) is 11.3 Å². The number of rotatable bonds is 5. The lowest BCUT2D eigenvalue weighted by Gasteiger charge is -2.35. The number of aromatic nitrogens is 1. The summed E-state index contributed by atoms with van der Waals surface area (Å²) in [4.78, 5) is 9.86. The van der Waals surface area contributed by atoms with Crippen LogP contribution in [0.1, 0.15) is 43.7 Å². The summed E-state index contributed by atoms with van der Waals surface area (Å²) in [6, 6.07) is 8.79. The zero-order valence-corrected chi connectivity index (χ0v) is 17.2. The third kappa shape index (κ3) is 4.48. The highest BCUT2D eigenvalue weighted by Gasteiger charge is 2.24. The summed E-state index contributed by atoms with van der Waals surface area (Å²) in [6.45, 7) is 9.72. The lowest BCUT2D eigenvalue weighted by atomic mass is 10.0. The summed E-state index contributed by atoms with van der Waals surface area (Å²) in [7, 11) is 0. The van der Waals surface area contributed by atoms with Crippen molar-refractivity contribution in [3.05, 3.63) is 35.4 Å². The molecule has 4 rings (SSSR count). The number of hydrogen-bond acceptors (Lipinski definition) is 5. The van der Waals surface area contributed by atoms with Gasteiger partial charge in [-0.25, -0.2) is 4.98 Å². The normalized spacial score (nSPS) is 22.1. The standard InChI is InChI=1S/C23H33N3O2/c1-3-28-21-8-11-25(12-9-21)15-19-14-18-13-17(2)6-7-22(18)24-23(19)26-10-4-5-20(27)16-26/h6-7,13-14,20-21,27H,3-5,8-12,15-16H2,1-2H3/t20-/m1/s1. The lowest BCUT2D eigenvalue weighted by Crippen LogP contribution is -2.40. The van der Waals surface area contributed by atoms with Crippen LogP contribution in [-0.4, -0.2) is 60.0 Å². The number of likely N-dealkylation sites (tertiary alicyclic amines) is 1. The highest BCUT2D eigenvalue weighted by molar-refractivity contribution is 5.82. The van der Waals surface area contributed by atoms with Crippen molar-refractivity contribution in [2.24, 2.45) is 0 Å². The predicted molar refractivity (Wildman–Crippen MR) is 114 cm³/mol. The second-order valence-corrected chi connectivity index (χ2v) is 8.34. The Hall–Kier alpha value is -1.69. The molecule has 5 heteroatoms. The minimum atomic E-state index is -0.251. The number of pyridine rings is 1. The van der Waals surface area contributed by atoms with Gasteiger partial charge in [0.15, 0.2) is 0 Å². The molecule has 0 bridgehead atoms. The molecular formula is C23H33N3O2. The first kappa shape index (κ1) is 19.6. The molecule has 1 N–H and O–H groups in total. The van der Waals surface area contributed by atoms with Gasteiger partial charge >= 0.3 is 0 Å². The van der Waals surface area contributed by atoms with Crippen LogP contribution in [0.3, 0.4) is 0 Å². The molecule has 0 unspecified atom stereocenters. The number of anilines is 1. The van der Waals surface area contributed by atoms with Crippen LogP contribution in [0.15, 0.2) is 24.3 Å². The van der Waals surface area contributed by atoms with Crippen LogP contribution in [0.2, 0.25) is 0 Å². The molecule has 2 aliphatic rings. The molecule has 1 aromatic carbocycles. The topological polar surface area (TPSA) is 48.8 Å². The molecule has 28 heavy (non-hydrogen) atoms. The summed E-state index contributed by atoms with van der Waals surface area (Å²) in [5.74, 6) is 1.06. The first-order chi connectivity index (χ1) is 13.6. The smallest absolute Gasteiger partial charge is 0.133 e. The van der Waals surface area contributed by atoms with Crippen LogP contribution in [0.25, 0.3) is 10.9 Å². The van der Waals surface area contributed by atoms with Crippen LogP contribution >= 0.6 is 0 Å². The minimum absolute atomic E-state index is 0.251. The van der Waals surface area contributed by atoms with Gasteiger partial charge in [-0.3, -0.25) is 4.90 Å². The zero-order chi connectivity index (χ0) is 19.5. The van der Waals surface area contributed by atoms with Gasteiger partial charge in [-0.2, -0.15) is 0 Å². The Morgan fingerprint density at radius 2 is 1.96 bits per heavy atom. The van der Waals surface area contributed by atoms with Gasteiger partial charge in [-0.15, -0.1) is 0 Å². The molecule has 0 aliphatic carbocycles. The van der Waals surface area contributed by atoms with Gasteiger partial charge in [0, 0.05) is 50.3 Å². The number of hydrogen-bond donors (Lipinski definition) is 1. The molecule has 152 valence electrons. The maximum absolute atomic E-state index is 10.2. The second-order valence-electron chi connectivity index (χ2n) is 8.34.